The van der Waals surface area contributed by atoms with Crippen LogP contribution in [0, 0.1) is 0 Å². The number of aromatic amines is 1. The summed E-state index contributed by atoms with van der Waals surface area (Å²) < 4.78 is 0. The summed E-state index contributed by atoms with van der Waals surface area (Å²) in [5.41, 5.74) is 2.88. The molecule has 6 heteroatoms. The first kappa shape index (κ1) is 12.7. The van der Waals surface area contributed by atoms with Gasteiger partial charge in [-0.05, 0) is 30.2 Å². The second-order valence-corrected chi connectivity index (χ2v) is 5.22. The second-order valence-electron chi connectivity index (χ2n) is 4.32. The fourth-order valence-corrected chi connectivity index (χ4v) is 2.59. The molecule has 0 aliphatic heterocycles. The van der Waals surface area contributed by atoms with E-state index in [1.807, 2.05) is 24.4 Å². The summed E-state index contributed by atoms with van der Waals surface area (Å²) in [5, 5.41) is 22.8. The molecule has 0 saturated carbocycles. The van der Waals surface area contributed by atoms with E-state index in [4.69, 9.17) is 0 Å². The first-order chi connectivity index (χ1) is 9.76. The molecule has 5 nitrogen and oxygen atoms in total. The normalized spacial score (nSPS) is 10.7. The van der Waals surface area contributed by atoms with Crippen molar-refractivity contribution in [3.8, 4) is 16.5 Å². The third kappa shape index (κ3) is 2.50. The Hall–Kier alpha value is -2.34. The van der Waals surface area contributed by atoms with E-state index >= 15 is 0 Å². The zero-order valence-corrected chi connectivity index (χ0v) is 11.7. The molecule has 0 spiro atoms. The van der Waals surface area contributed by atoms with Gasteiger partial charge in [-0.1, -0.05) is 6.92 Å². The minimum absolute atomic E-state index is 0.276. The van der Waals surface area contributed by atoms with Crippen LogP contribution in [0.4, 0.5) is 11.5 Å². The number of benzene rings is 1. The second kappa shape index (κ2) is 5.34. The molecule has 0 saturated heterocycles. The number of thiazole rings is 1. The molecule has 0 aliphatic rings. The molecule has 0 unspecified atom stereocenters. The van der Waals surface area contributed by atoms with Gasteiger partial charge in [0.15, 0.2) is 5.82 Å². The topological polar surface area (TPSA) is 73.8 Å². The molecular weight excluding hydrogens is 272 g/mol. The van der Waals surface area contributed by atoms with Gasteiger partial charge < -0.3 is 10.4 Å². The van der Waals surface area contributed by atoms with Gasteiger partial charge in [0, 0.05) is 23.3 Å². The summed E-state index contributed by atoms with van der Waals surface area (Å²) in [6.07, 6.45) is 2.60. The minimum atomic E-state index is 0.276. The van der Waals surface area contributed by atoms with E-state index in [1.165, 1.54) is 0 Å². The molecular formula is C14H14N4OS. The largest absolute Gasteiger partial charge is 0.508 e. The molecule has 3 N–H and O–H groups in total. The van der Waals surface area contributed by atoms with Crippen molar-refractivity contribution in [1.29, 1.82) is 0 Å². The Morgan fingerprint density at radius 1 is 1.35 bits per heavy atom. The van der Waals surface area contributed by atoms with Crippen LogP contribution in [0.2, 0.25) is 0 Å². The van der Waals surface area contributed by atoms with Crippen molar-refractivity contribution >= 4 is 22.8 Å². The maximum Gasteiger partial charge on any atom is 0.152 e. The molecule has 0 amide bonds. The van der Waals surface area contributed by atoms with Gasteiger partial charge in [0.25, 0.3) is 0 Å². The van der Waals surface area contributed by atoms with Gasteiger partial charge in [-0.2, -0.15) is 5.10 Å². The van der Waals surface area contributed by atoms with Gasteiger partial charge in [-0.3, -0.25) is 5.10 Å². The number of hydrogen-bond donors (Lipinski definition) is 3. The van der Waals surface area contributed by atoms with Crippen LogP contribution in [0.15, 0.2) is 35.8 Å². The number of H-pyrrole nitrogens is 1. The number of aryl methyl sites for hydroxylation is 1. The first-order valence-electron chi connectivity index (χ1n) is 6.30. The summed E-state index contributed by atoms with van der Waals surface area (Å²) >= 11 is 1.56. The Balaban J connectivity index is 1.85. The zero-order valence-electron chi connectivity index (χ0n) is 10.9. The van der Waals surface area contributed by atoms with Crippen LogP contribution in [-0.4, -0.2) is 20.3 Å². The van der Waals surface area contributed by atoms with Crippen LogP contribution in [0.5, 0.6) is 5.75 Å². The fraction of sp³-hybridized carbons (Fsp3) is 0.143. The molecule has 20 heavy (non-hydrogen) atoms. The number of nitrogens with one attached hydrogen (secondary N) is 2. The lowest BCUT2D eigenvalue weighted by atomic mass is 10.1. The van der Waals surface area contributed by atoms with Gasteiger partial charge in [-0.25, -0.2) is 4.98 Å². The average molecular weight is 286 g/mol. The quantitative estimate of drug-likeness (QED) is 0.641. The highest BCUT2D eigenvalue weighted by Crippen LogP contribution is 2.27. The van der Waals surface area contributed by atoms with E-state index < -0.39 is 0 Å². The van der Waals surface area contributed by atoms with E-state index in [2.05, 4.69) is 20.5 Å². The maximum absolute atomic E-state index is 9.51. The number of aromatic nitrogens is 3. The van der Waals surface area contributed by atoms with Crippen LogP contribution < -0.4 is 5.32 Å². The van der Waals surface area contributed by atoms with Gasteiger partial charge in [0.05, 0.1) is 5.69 Å². The van der Waals surface area contributed by atoms with Crippen molar-refractivity contribution in [2.24, 2.45) is 0 Å². The summed E-state index contributed by atoms with van der Waals surface area (Å²) in [6.45, 7) is 2.05. The number of rotatable bonds is 4. The van der Waals surface area contributed by atoms with E-state index in [-0.39, 0.29) is 5.75 Å². The van der Waals surface area contributed by atoms with E-state index in [1.54, 1.807) is 29.7 Å². The molecule has 0 atom stereocenters. The van der Waals surface area contributed by atoms with E-state index in [9.17, 15) is 5.11 Å². The van der Waals surface area contributed by atoms with Crippen molar-refractivity contribution in [3.63, 3.8) is 0 Å². The fourth-order valence-electron chi connectivity index (χ4n) is 1.98. The molecule has 3 aromatic rings. The van der Waals surface area contributed by atoms with Gasteiger partial charge in [-0.15, -0.1) is 11.3 Å². The number of phenolic OH excluding ortho intramolecular Hbond substituents is 1. The van der Waals surface area contributed by atoms with Gasteiger partial charge >= 0.3 is 0 Å². The molecule has 102 valence electrons. The molecule has 2 heterocycles. The SMILES string of the molecule is CCc1cc(O)ccc1Nc1cc(-c2nccs2)[nH]n1. The predicted molar refractivity (Wildman–Crippen MR) is 80.5 cm³/mol. The molecule has 0 aliphatic carbocycles. The Labute approximate surface area is 120 Å². The Morgan fingerprint density at radius 2 is 2.25 bits per heavy atom. The molecule has 2 aromatic heterocycles. The molecule has 3 rings (SSSR count). The zero-order chi connectivity index (χ0) is 13.9. The lowest BCUT2D eigenvalue weighted by molar-refractivity contribution is 0.474. The molecule has 0 bridgehead atoms. The number of phenols is 1. The summed E-state index contributed by atoms with van der Waals surface area (Å²) in [5.74, 6) is 1.01. The molecule has 0 fully saturated rings. The van der Waals surface area contributed by atoms with Gasteiger partial charge in [0.1, 0.15) is 10.8 Å². The van der Waals surface area contributed by atoms with Crippen LogP contribution in [-0.2, 0) is 6.42 Å². The van der Waals surface area contributed by atoms with Crippen LogP contribution in [0.3, 0.4) is 0 Å². The average Bonchev–Trinajstić information content (AvgIpc) is 3.11. The molecule has 0 radical (unpaired) electrons. The summed E-state index contributed by atoms with van der Waals surface area (Å²) in [7, 11) is 0. The van der Waals surface area contributed by atoms with Crippen molar-refractivity contribution < 1.29 is 5.11 Å². The molecule has 1 aromatic carbocycles. The smallest absolute Gasteiger partial charge is 0.152 e. The third-order valence-corrected chi connectivity index (χ3v) is 3.78. The maximum atomic E-state index is 9.51. The monoisotopic (exact) mass is 286 g/mol. The van der Waals surface area contributed by atoms with E-state index in [0.717, 1.165) is 34.2 Å². The van der Waals surface area contributed by atoms with Crippen LogP contribution in [0.1, 0.15) is 12.5 Å². The van der Waals surface area contributed by atoms with Crippen LogP contribution in [0.25, 0.3) is 10.7 Å². The van der Waals surface area contributed by atoms with Gasteiger partial charge in [0.2, 0.25) is 0 Å². The lowest BCUT2D eigenvalue weighted by Crippen LogP contribution is -1.95. The highest BCUT2D eigenvalue weighted by Gasteiger charge is 2.08. The number of aromatic hydroxyl groups is 1. The Kier molecular flexibility index (Phi) is 3.39. The summed E-state index contributed by atoms with van der Waals surface area (Å²) in [4.78, 5) is 4.24. The highest BCUT2D eigenvalue weighted by atomic mass is 32.1. The van der Waals surface area contributed by atoms with Crippen molar-refractivity contribution in [2.75, 3.05) is 5.32 Å². The van der Waals surface area contributed by atoms with E-state index in [0.29, 0.717) is 0 Å². The Bertz CT molecular complexity index is 706. The Morgan fingerprint density at radius 3 is 3.00 bits per heavy atom. The minimum Gasteiger partial charge on any atom is -0.508 e. The highest BCUT2D eigenvalue weighted by molar-refractivity contribution is 7.13. The number of anilines is 2. The van der Waals surface area contributed by atoms with Crippen molar-refractivity contribution in [1.82, 2.24) is 15.2 Å². The third-order valence-electron chi connectivity index (χ3n) is 2.97. The predicted octanol–water partition coefficient (Wildman–Crippen LogP) is 3.54. The first-order valence-corrected chi connectivity index (χ1v) is 7.18. The van der Waals surface area contributed by atoms with Crippen molar-refractivity contribution in [2.45, 2.75) is 13.3 Å². The lowest BCUT2D eigenvalue weighted by Gasteiger charge is -2.08. The van der Waals surface area contributed by atoms with Crippen LogP contribution >= 0.6 is 11.3 Å². The van der Waals surface area contributed by atoms with Crippen molar-refractivity contribution in [3.05, 3.63) is 41.4 Å². The standard InChI is InChI=1S/C14H14N4OS/c1-2-9-7-10(19)3-4-11(9)16-13-8-12(17-18-13)14-15-5-6-20-14/h3-8,19H,2H2,1H3,(H2,16,17,18). The summed E-state index contributed by atoms with van der Waals surface area (Å²) in [6, 6.07) is 7.20. The number of hydrogen-bond acceptors (Lipinski definition) is 5. The number of nitrogens with zero attached hydrogens (tertiary/aromatic N) is 2.